The monoisotopic (exact) mass is 234 g/mol. The molecule has 1 fully saturated rings. The van der Waals surface area contributed by atoms with Crippen LogP contribution in [0.25, 0.3) is 0 Å². The van der Waals surface area contributed by atoms with Crippen molar-refractivity contribution in [2.75, 3.05) is 5.73 Å². The zero-order valence-electron chi connectivity index (χ0n) is 10.7. The first-order chi connectivity index (χ1) is 7.99. The average molecular weight is 234 g/mol. The molecule has 1 aromatic heterocycles. The van der Waals surface area contributed by atoms with E-state index in [0.29, 0.717) is 18.2 Å². The number of rotatable bonds is 2. The van der Waals surface area contributed by atoms with Gasteiger partial charge in [0, 0.05) is 12.6 Å². The van der Waals surface area contributed by atoms with Crippen LogP contribution in [0.15, 0.2) is 18.3 Å². The van der Waals surface area contributed by atoms with E-state index in [4.69, 9.17) is 5.73 Å². The maximum atomic E-state index is 10.7. The fourth-order valence-corrected chi connectivity index (χ4v) is 2.90. The molecule has 0 radical (unpaired) electrons. The molecule has 1 aromatic rings. The van der Waals surface area contributed by atoms with Crippen LogP contribution in [0.1, 0.15) is 38.7 Å². The third-order valence-corrected chi connectivity index (χ3v) is 4.10. The SMILES string of the molecule is CC1CCC(O)(Cc2ccnc(N)c2)C(C)C1. The van der Waals surface area contributed by atoms with Crippen LogP contribution in [-0.4, -0.2) is 15.7 Å². The molecule has 0 aliphatic heterocycles. The van der Waals surface area contributed by atoms with Gasteiger partial charge in [0.25, 0.3) is 0 Å². The summed E-state index contributed by atoms with van der Waals surface area (Å²) in [5.41, 5.74) is 6.19. The summed E-state index contributed by atoms with van der Waals surface area (Å²) in [6, 6.07) is 3.81. The fraction of sp³-hybridized carbons (Fsp3) is 0.643. The summed E-state index contributed by atoms with van der Waals surface area (Å²) in [4.78, 5) is 3.98. The molecule has 3 atom stereocenters. The Balaban J connectivity index is 2.11. The van der Waals surface area contributed by atoms with Crippen molar-refractivity contribution in [1.29, 1.82) is 0 Å². The summed E-state index contributed by atoms with van der Waals surface area (Å²) in [6.07, 6.45) is 5.51. The van der Waals surface area contributed by atoms with Crippen molar-refractivity contribution in [2.45, 2.75) is 45.1 Å². The first kappa shape index (κ1) is 12.4. The highest BCUT2D eigenvalue weighted by Gasteiger charge is 2.38. The molecule has 0 bridgehead atoms. The van der Waals surface area contributed by atoms with E-state index in [9.17, 15) is 5.11 Å². The van der Waals surface area contributed by atoms with Gasteiger partial charge in [0.15, 0.2) is 0 Å². The van der Waals surface area contributed by atoms with Gasteiger partial charge in [-0.3, -0.25) is 0 Å². The molecular weight excluding hydrogens is 212 g/mol. The van der Waals surface area contributed by atoms with Crippen molar-refractivity contribution in [1.82, 2.24) is 4.98 Å². The first-order valence-electron chi connectivity index (χ1n) is 6.42. The maximum absolute atomic E-state index is 10.7. The van der Waals surface area contributed by atoms with E-state index in [-0.39, 0.29) is 0 Å². The summed E-state index contributed by atoms with van der Waals surface area (Å²) in [7, 11) is 0. The second-order valence-corrected chi connectivity index (χ2v) is 5.65. The van der Waals surface area contributed by atoms with Crippen LogP contribution >= 0.6 is 0 Å². The zero-order chi connectivity index (χ0) is 12.5. The number of hydrogen-bond acceptors (Lipinski definition) is 3. The Hall–Kier alpha value is -1.09. The van der Waals surface area contributed by atoms with Crippen LogP contribution in [0.4, 0.5) is 5.82 Å². The predicted molar refractivity (Wildman–Crippen MR) is 69.5 cm³/mol. The summed E-state index contributed by atoms with van der Waals surface area (Å²) in [5.74, 6) is 1.61. The van der Waals surface area contributed by atoms with E-state index in [1.54, 1.807) is 6.20 Å². The molecule has 3 N–H and O–H groups in total. The van der Waals surface area contributed by atoms with Gasteiger partial charge >= 0.3 is 0 Å². The molecule has 1 saturated carbocycles. The molecule has 0 amide bonds. The number of aliphatic hydroxyl groups is 1. The molecule has 1 aliphatic rings. The predicted octanol–water partition coefficient (Wildman–Crippen LogP) is 2.39. The molecule has 0 spiro atoms. The highest BCUT2D eigenvalue weighted by molar-refractivity contribution is 5.32. The van der Waals surface area contributed by atoms with Gasteiger partial charge in [0.05, 0.1) is 5.60 Å². The molecule has 3 unspecified atom stereocenters. The molecule has 2 rings (SSSR count). The summed E-state index contributed by atoms with van der Waals surface area (Å²) in [5, 5.41) is 10.7. The van der Waals surface area contributed by atoms with Crippen LogP contribution in [0, 0.1) is 11.8 Å². The Labute approximate surface area is 103 Å². The zero-order valence-corrected chi connectivity index (χ0v) is 10.7. The highest BCUT2D eigenvalue weighted by Crippen LogP contribution is 2.38. The molecule has 0 aromatic carbocycles. The van der Waals surface area contributed by atoms with E-state index in [0.717, 1.165) is 30.7 Å². The number of nitrogen functional groups attached to an aromatic ring is 1. The van der Waals surface area contributed by atoms with Crippen molar-refractivity contribution in [3.8, 4) is 0 Å². The quantitative estimate of drug-likeness (QED) is 0.826. The molecular formula is C14H22N2O. The van der Waals surface area contributed by atoms with Crippen molar-refractivity contribution in [3.05, 3.63) is 23.9 Å². The van der Waals surface area contributed by atoms with Gasteiger partial charge in [0.2, 0.25) is 0 Å². The molecule has 94 valence electrons. The van der Waals surface area contributed by atoms with Gasteiger partial charge in [-0.15, -0.1) is 0 Å². The number of anilines is 1. The Bertz CT molecular complexity index is 394. The Kier molecular flexibility index (Phi) is 3.38. The van der Waals surface area contributed by atoms with Crippen molar-refractivity contribution < 1.29 is 5.11 Å². The van der Waals surface area contributed by atoms with Crippen LogP contribution in [-0.2, 0) is 6.42 Å². The minimum atomic E-state index is -0.569. The Morgan fingerprint density at radius 1 is 1.53 bits per heavy atom. The molecule has 0 saturated heterocycles. The number of hydrogen-bond donors (Lipinski definition) is 2. The van der Waals surface area contributed by atoms with Crippen LogP contribution in [0.2, 0.25) is 0 Å². The lowest BCUT2D eigenvalue weighted by molar-refractivity contribution is -0.0522. The van der Waals surface area contributed by atoms with Gasteiger partial charge in [-0.05, 0) is 48.8 Å². The lowest BCUT2D eigenvalue weighted by atomic mass is 9.70. The van der Waals surface area contributed by atoms with Gasteiger partial charge in [-0.25, -0.2) is 4.98 Å². The second-order valence-electron chi connectivity index (χ2n) is 5.65. The number of nitrogens with two attached hydrogens (primary N) is 1. The van der Waals surface area contributed by atoms with E-state index in [1.165, 1.54) is 0 Å². The summed E-state index contributed by atoms with van der Waals surface area (Å²) in [6.45, 7) is 4.42. The number of nitrogens with zero attached hydrogens (tertiary/aromatic N) is 1. The van der Waals surface area contributed by atoms with Gasteiger partial charge < -0.3 is 10.8 Å². The third-order valence-electron chi connectivity index (χ3n) is 4.10. The standard InChI is InChI=1S/C14H22N2O/c1-10-3-5-14(17,11(2)7-10)9-12-4-6-16-13(15)8-12/h4,6,8,10-11,17H,3,5,7,9H2,1-2H3,(H2,15,16). The normalized spacial score (nSPS) is 33.6. The maximum Gasteiger partial charge on any atom is 0.123 e. The van der Waals surface area contributed by atoms with Crippen molar-refractivity contribution in [2.24, 2.45) is 11.8 Å². The Morgan fingerprint density at radius 3 is 2.94 bits per heavy atom. The van der Waals surface area contributed by atoms with E-state index in [1.807, 2.05) is 12.1 Å². The molecule has 1 aliphatic carbocycles. The van der Waals surface area contributed by atoms with Gasteiger partial charge in [0.1, 0.15) is 5.82 Å². The lowest BCUT2D eigenvalue weighted by Gasteiger charge is -2.41. The molecule has 3 nitrogen and oxygen atoms in total. The third kappa shape index (κ3) is 2.78. The highest BCUT2D eigenvalue weighted by atomic mass is 16.3. The topological polar surface area (TPSA) is 59.1 Å². The molecule has 17 heavy (non-hydrogen) atoms. The smallest absolute Gasteiger partial charge is 0.123 e. The minimum absolute atomic E-state index is 0.348. The second kappa shape index (κ2) is 4.65. The fourth-order valence-electron chi connectivity index (χ4n) is 2.90. The molecule has 1 heterocycles. The lowest BCUT2D eigenvalue weighted by Crippen LogP contribution is -2.43. The molecule has 3 heteroatoms. The van der Waals surface area contributed by atoms with E-state index >= 15 is 0 Å². The van der Waals surface area contributed by atoms with E-state index in [2.05, 4.69) is 18.8 Å². The van der Waals surface area contributed by atoms with Crippen LogP contribution in [0.5, 0.6) is 0 Å². The van der Waals surface area contributed by atoms with Gasteiger partial charge in [-0.2, -0.15) is 0 Å². The largest absolute Gasteiger partial charge is 0.389 e. The summed E-state index contributed by atoms with van der Waals surface area (Å²) < 4.78 is 0. The minimum Gasteiger partial charge on any atom is -0.389 e. The summed E-state index contributed by atoms with van der Waals surface area (Å²) >= 11 is 0. The van der Waals surface area contributed by atoms with E-state index < -0.39 is 5.60 Å². The number of aromatic nitrogens is 1. The van der Waals surface area contributed by atoms with Crippen molar-refractivity contribution in [3.63, 3.8) is 0 Å². The number of pyridine rings is 1. The first-order valence-corrected chi connectivity index (χ1v) is 6.42. The van der Waals surface area contributed by atoms with Crippen LogP contribution in [0.3, 0.4) is 0 Å². The average Bonchev–Trinajstić information content (AvgIpc) is 2.25. The van der Waals surface area contributed by atoms with Crippen LogP contribution < -0.4 is 5.73 Å². The Morgan fingerprint density at radius 2 is 2.29 bits per heavy atom. The van der Waals surface area contributed by atoms with Gasteiger partial charge in [-0.1, -0.05) is 13.8 Å². The van der Waals surface area contributed by atoms with Crippen molar-refractivity contribution >= 4 is 5.82 Å².